The SMILES string of the molecule is N#CCc1ccccc1C(O)C(O)C#N. The minimum atomic E-state index is -1.47. The van der Waals surface area contributed by atoms with Crippen molar-refractivity contribution in [2.45, 2.75) is 18.6 Å². The topological polar surface area (TPSA) is 88.0 Å². The summed E-state index contributed by atoms with van der Waals surface area (Å²) in [5.41, 5.74) is 1.05. The first-order chi connectivity index (χ1) is 7.20. The fourth-order valence-corrected chi connectivity index (χ4v) is 1.31. The van der Waals surface area contributed by atoms with Crippen LogP contribution >= 0.6 is 0 Å². The molecular formula is C11H10N2O2. The van der Waals surface area contributed by atoms with Gasteiger partial charge in [-0.1, -0.05) is 24.3 Å². The van der Waals surface area contributed by atoms with E-state index in [0.29, 0.717) is 11.1 Å². The van der Waals surface area contributed by atoms with Gasteiger partial charge in [-0.05, 0) is 11.1 Å². The molecule has 0 saturated carbocycles. The minimum absolute atomic E-state index is 0.144. The molecule has 0 fully saturated rings. The number of nitriles is 2. The summed E-state index contributed by atoms with van der Waals surface area (Å²) in [4.78, 5) is 0. The van der Waals surface area contributed by atoms with E-state index >= 15 is 0 Å². The lowest BCUT2D eigenvalue weighted by atomic mass is 9.97. The summed E-state index contributed by atoms with van der Waals surface area (Å²) in [6.07, 6.45) is -2.59. The lowest BCUT2D eigenvalue weighted by Gasteiger charge is -2.14. The maximum absolute atomic E-state index is 9.61. The summed E-state index contributed by atoms with van der Waals surface area (Å²) >= 11 is 0. The Morgan fingerprint density at radius 2 is 1.87 bits per heavy atom. The molecule has 1 aromatic carbocycles. The van der Waals surface area contributed by atoms with Gasteiger partial charge in [0.25, 0.3) is 0 Å². The van der Waals surface area contributed by atoms with Crippen LogP contribution in [0.25, 0.3) is 0 Å². The fourth-order valence-electron chi connectivity index (χ4n) is 1.31. The van der Waals surface area contributed by atoms with Crippen LogP contribution in [0.4, 0.5) is 0 Å². The number of rotatable bonds is 3. The van der Waals surface area contributed by atoms with Gasteiger partial charge in [-0.15, -0.1) is 0 Å². The molecule has 0 radical (unpaired) electrons. The predicted molar refractivity (Wildman–Crippen MR) is 52.3 cm³/mol. The van der Waals surface area contributed by atoms with Gasteiger partial charge in [0, 0.05) is 0 Å². The van der Waals surface area contributed by atoms with Crippen molar-refractivity contribution in [3.8, 4) is 12.1 Å². The van der Waals surface area contributed by atoms with Crippen LogP contribution in [0.5, 0.6) is 0 Å². The molecule has 76 valence electrons. The second-order valence-electron chi connectivity index (χ2n) is 3.05. The van der Waals surface area contributed by atoms with Crippen molar-refractivity contribution < 1.29 is 10.2 Å². The van der Waals surface area contributed by atoms with E-state index in [2.05, 4.69) is 0 Å². The highest BCUT2D eigenvalue weighted by atomic mass is 16.3. The third-order valence-corrected chi connectivity index (χ3v) is 2.07. The molecule has 0 aliphatic heterocycles. The van der Waals surface area contributed by atoms with E-state index in [0.717, 1.165) is 0 Å². The molecule has 0 aliphatic rings. The Morgan fingerprint density at radius 3 is 2.47 bits per heavy atom. The minimum Gasteiger partial charge on any atom is -0.385 e. The number of benzene rings is 1. The number of aliphatic hydroxyl groups excluding tert-OH is 2. The molecule has 0 aromatic heterocycles. The molecule has 4 heteroatoms. The Balaban J connectivity index is 3.04. The van der Waals surface area contributed by atoms with Crippen LogP contribution in [-0.4, -0.2) is 16.3 Å². The molecule has 2 unspecified atom stereocenters. The number of hydrogen-bond donors (Lipinski definition) is 2. The molecule has 2 atom stereocenters. The molecule has 0 saturated heterocycles. The molecule has 0 heterocycles. The second-order valence-corrected chi connectivity index (χ2v) is 3.05. The molecule has 1 aromatic rings. The number of hydrogen-bond acceptors (Lipinski definition) is 4. The van der Waals surface area contributed by atoms with E-state index in [9.17, 15) is 10.2 Å². The van der Waals surface area contributed by atoms with Crippen LogP contribution < -0.4 is 0 Å². The Bertz CT molecular complexity index is 417. The average Bonchev–Trinajstić information content (AvgIpc) is 2.28. The van der Waals surface area contributed by atoms with Crippen LogP contribution in [0.2, 0.25) is 0 Å². The standard InChI is InChI=1S/C11H10N2O2/c12-6-5-8-3-1-2-4-9(8)11(15)10(14)7-13/h1-4,10-11,14-15H,5H2. The first-order valence-electron chi connectivity index (χ1n) is 4.41. The first-order valence-corrected chi connectivity index (χ1v) is 4.41. The van der Waals surface area contributed by atoms with Gasteiger partial charge in [0.2, 0.25) is 0 Å². The van der Waals surface area contributed by atoms with E-state index in [1.54, 1.807) is 30.3 Å². The summed E-state index contributed by atoms with van der Waals surface area (Å²) in [6.45, 7) is 0. The maximum atomic E-state index is 9.61. The number of nitrogens with zero attached hydrogens (tertiary/aromatic N) is 2. The van der Waals surface area contributed by atoms with Crippen LogP contribution in [0, 0.1) is 22.7 Å². The van der Waals surface area contributed by atoms with Crippen LogP contribution in [0.3, 0.4) is 0 Å². The fraction of sp³-hybridized carbons (Fsp3) is 0.273. The van der Waals surface area contributed by atoms with Gasteiger partial charge in [0.05, 0.1) is 18.6 Å². The molecule has 1 rings (SSSR count). The molecule has 0 spiro atoms. The largest absolute Gasteiger partial charge is 0.385 e. The third-order valence-electron chi connectivity index (χ3n) is 2.07. The Hall–Kier alpha value is -1.88. The average molecular weight is 202 g/mol. The molecule has 0 aliphatic carbocycles. The van der Waals surface area contributed by atoms with Gasteiger partial charge in [-0.25, -0.2) is 0 Å². The predicted octanol–water partition coefficient (Wildman–Crippen LogP) is 0.671. The monoisotopic (exact) mass is 202 g/mol. The highest BCUT2D eigenvalue weighted by molar-refractivity contribution is 5.32. The highest BCUT2D eigenvalue weighted by Crippen LogP contribution is 2.21. The van der Waals surface area contributed by atoms with Crippen molar-refractivity contribution in [1.29, 1.82) is 10.5 Å². The first kappa shape index (κ1) is 11.2. The smallest absolute Gasteiger partial charge is 0.170 e. The van der Waals surface area contributed by atoms with E-state index in [1.165, 1.54) is 0 Å². The lowest BCUT2D eigenvalue weighted by molar-refractivity contribution is 0.0523. The van der Waals surface area contributed by atoms with E-state index < -0.39 is 12.2 Å². The van der Waals surface area contributed by atoms with Gasteiger partial charge in [-0.2, -0.15) is 10.5 Å². The second kappa shape index (κ2) is 5.11. The summed E-state index contributed by atoms with van der Waals surface area (Å²) in [7, 11) is 0. The Labute approximate surface area is 87.6 Å². The van der Waals surface area contributed by atoms with Crippen molar-refractivity contribution in [1.82, 2.24) is 0 Å². The van der Waals surface area contributed by atoms with E-state index in [1.807, 2.05) is 6.07 Å². The van der Waals surface area contributed by atoms with Crippen LogP contribution in [0.15, 0.2) is 24.3 Å². The van der Waals surface area contributed by atoms with Gasteiger partial charge in [0.1, 0.15) is 6.10 Å². The van der Waals surface area contributed by atoms with E-state index in [-0.39, 0.29) is 6.42 Å². The van der Waals surface area contributed by atoms with Crippen LogP contribution in [0.1, 0.15) is 17.2 Å². The van der Waals surface area contributed by atoms with Crippen molar-refractivity contribution in [2.24, 2.45) is 0 Å². The summed E-state index contributed by atoms with van der Waals surface area (Å²) < 4.78 is 0. The van der Waals surface area contributed by atoms with E-state index in [4.69, 9.17) is 10.5 Å². The summed E-state index contributed by atoms with van der Waals surface area (Å²) in [6, 6.07) is 10.2. The molecule has 15 heavy (non-hydrogen) atoms. The number of aliphatic hydroxyl groups is 2. The van der Waals surface area contributed by atoms with Gasteiger partial charge in [0.15, 0.2) is 6.10 Å². The molecule has 0 amide bonds. The zero-order chi connectivity index (χ0) is 11.3. The Kier molecular flexibility index (Phi) is 3.82. The summed E-state index contributed by atoms with van der Waals surface area (Å²) in [5, 5.41) is 35.8. The van der Waals surface area contributed by atoms with Gasteiger partial charge < -0.3 is 10.2 Å². The van der Waals surface area contributed by atoms with Crippen molar-refractivity contribution in [2.75, 3.05) is 0 Å². The Morgan fingerprint density at radius 1 is 1.20 bits per heavy atom. The maximum Gasteiger partial charge on any atom is 0.170 e. The third kappa shape index (κ3) is 2.54. The lowest BCUT2D eigenvalue weighted by Crippen LogP contribution is -2.17. The zero-order valence-corrected chi connectivity index (χ0v) is 7.96. The van der Waals surface area contributed by atoms with Crippen molar-refractivity contribution in [3.05, 3.63) is 35.4 Å². The molecular weight excluding hydrogens is 192 g/mol. The summed E-state index contributed by atoms with van der Waals surface area (Å²) in [5.74, 6) is 0. The molecule has 0 bridgehead atoms. The normalized spacial score (nSPS) is 13.6. The van der Waals surface area contributed by atoms with Crippen LogP contribution in [-0.2, 0) is 6.42 Å². The zero-order valence-electron chi connectivity index (χ0n) is 7.96. The van der Waals surface area contributed by atoms with Crippen molar-refractivity contribution in [3.63, 3.8) is 0 Å². The quantitative estimate of drug-likeness (QED) is 0.705. The highest BCUT2D eigenvalue weighted by Gasteiger charge is 2.19. The van der Waals surface area contributed by atoms with Crippen molar-refractivity contribution >= 4 is 0 Å². The molecule has 2 N–H and O–H groups in total. The molecule has 4 nitrogen and oxygen atoms in total. The van der Waals surface area contributed by atoms with Gasteiger partial charge in [-0.3, -0.25) is 0 Å². The van der Waals surface area contributed by atoms with Gasteiger partial charge >= 0.3 is 0 Å².